The molecule has 1 aromatic heterocycles. The van der Waals surface area contributed by atoms with Crippen molar-refractivity contribution in [1.29, 1.82) is 0 Å². The molecule has 7 nitrogen and oxygen atoms in total. The fourth-order valence-corrected chi connectivity index (χ4v) is 2.79. The topological polar surface area (TPSA) is 95.9 Å². The first-order valence-corrected chi connectivity index (χ1v) is 8.64. The molecule has 1 aliphatic heterocycles. The zero-order valence-electron chi connectivity index (χ0n) is 15.1. The van der Waals surface area contributed by atoms with Crippen molar-refractivity contribution in [3.05, 3.63) is 23.7 Å². The highest BCUT2D eigenvalue weighted by molar-refractivity contribution is 14.0. The standard InChI is InChI=1S/C17H29N5O2.HI/c1-13-6-10-22(11-7-13)9-3-8-20-17(19-2)21-12-14-4-5-15(24-14)16(18)23;/h4-5,13H,3,6-12H2,1-2H3,(H2,18,23)(H2,19,20,21);1H. The number of carbonyl (C=O) groups excluding carboxylic acids is 1. The van der Waals surface area contributed by atoms with Gasteiger partial charge in [-0.1, -0.05) is 6.92 Å². The molecule has 142 valence electrons. The van der Waals surface area contributed by atoms with Gasteiger partial charge in [0.2, 0.25) is 0 Å². The summed E-state index contributed by atoms with van der Waals surface area (Å²) in [5.41, 5.74) is 5.17. The predicted octanol–water partition coefficient (Wildman–Crippen LogP) is 1.78. The van der Waals surface area contributed by atoms with E-state index in [1.807, 2.05) is 0 Å². The maximum atomic E-state index is 11.0. The molecule has 0 bridgehead atoms. The zero-order valence-corrected chi connectivity index (χ0v) is 17.4. The number of amides is 1. The van der Waals surface area contributed by atoms with Gasteiger partial charge in [0.25, 0.3) is 5.91 Å². The van der Waals surface area contributed by atoms with Crippen LogP contribution in [0.2, 0.25) is 0 Å². The number of nitrogens with two attached hydrogens (primary N) is 1. The van der Waals surface area contributed by atoms with Gasteiger partial charge in [-0.2, -0.15) is 0 Å². The number of carbonyl (C=O) groups is 1. The molecule has 0 aliphatic carbocycles. The summed E-state index contributed by atoms with van der Waals surface area (Å²) in [4.78, 5) is 17.7. The lowest BCUT2D eigenvalue weighted by Gasteiger charge is -2.30. The number of piperidine rings is 1. The first-order valence-electron chi connectivity index (χ1n) is 8.64. The number of nitrogens with one attached hydrogen (secondary N) is 2. The van der Waals surface area contributed by atoms with Gasteiger partial charge in [0, 0.05) is 13.6 Å². The molecular formula is C17H30IN5O2. The third-order valence-corrected chi connectivity index (χ3v) is 4.38. The Kier molecular flexibility index (Phi) is 9.88. The first-order chi connectivity index (χ1) is 11.6. The van der Waals surface area contributed by atoms with Crippen LogP contribution >= 0.6 is 24.0 Å². The normalized spacial score (nSPS) is 16.3. The number of likely N-dealkylation sites (tertiary alicyclic amines) is 1. The number of rotatable bonds is 7. The SMILES string of the molecule is CN=C(NCCCN1CCC(C)CC1)NCc1ccc(C(N)=O)o1.I. The average molecular weight is 463 g/mol. The van der Waals surface area contributed by atoms with Crippen LogP contribution in [-0.4, -0.2) is 50.0 Å². The minimum atomic E-state index is -0.559. The number of nitrogens with zero attached hydrogens (tertiary/aromatic N) is 2. The van der Waals surface area contributed by atoms with E-state index in [1.54, 1.807) is 19.2 Å². The van der Waals surface area contributed by atoms with Crippen LogP contribution in [0.15, 0.2) is 21.5 Å². The van der Waals surface area contributed by atoms with Crippen molar-refractivity contribution in [2.75, 3.05) is 33.2 Å². The van der Waals surface area contributed by atoms with Crippen LogP contribution in [0.4, 0.5) is 0 Å². The van der Waals surface area contributed by atoms with Gasteiger partial charge in [-0.15, -0.1) is 24.0 Å². The van der Waals surface area contributed by atoms with E-state index in [2.05, 4.69) is 27.4 Å². The Labute approximate surface area is 166 Å². The highest BCUT2D eigenvalue weighted by Gasteiger charge is 2.14. The minimum absolute atomic E-state index is 0. The zero-order chi connectivity index (χ0) is 17.4. The Morgan fingerprint density at radius 3 is 2.68 bits per heavy atom. The Balaban J connectivity index is 0.00000312. The molecule has 1 fully saturated rings. The summed E-state index contributed by atoms with van der Waals surface area (Å²) in [6.07, 6.45) is 3.71. The van der Waals surface area contributed by atoms with Gasteiger partial charge in [0.1, 0.15) is 5.76 Å². The molecule has 8 heteroatoms. The van der Waals surface area contributed by atoms with Gasteiger partial charge in [0.05, 0.1) is 6.54 Å². The molecule has 25 heavy (non-hydrogen) atoms. The van der Waals surface area contributed by atoms with Crippen molar-refractivity contribution < 1.29 is 9.21 Å². The van der Waals surface area contributed by atoms with E-state index >= 15 is 0 Å². The molecule has 0 aromatic carbocycles. The average Bonchev–Trinajstić information content (AvgIpc) is 3.05. The lowest BCUT2D eigenvalue weighted by atomic mass is 9.99. The molecule has 0 saturated carbocycles. The van der Waals surface area contributed by atoms with E-state index in [0.717, 1.165) is 31.4 Å². The van der Waals surface area contributed by atoms with E-state index in [4.69, 9.17) is 10.2 Å². The van der Waals surface area contributed by atoms with Gasteiger partial charge < -0.3 is 25.7 Å². The molecule has 0 radical (unpaired) electrons. The van der Waals surface area contributed by atoms with Gasteiger partial charge in [0.15, 0.2) is 11.7 Å². The van der Waals surface area contributed by atoms with Crippen LogP contribution in [0.3, 0.4) is 0 Å². The molecule has 1 saturated heterocycles. The van der Waals surface area contributed by atoms with Crippen LogP contribution in [0.25, 0.3) is 0 Å². The molecule has 2 rings (SSSR count). The Morgan fingerprint density at radius 2 is 2.08 bits per heavy atom. The summed E-state index contributed by atoms with van der Waals surface area (Å²) in [7, 11) is 1.73. The maximum absolute atomic E-state index is 11.0. The Morgan fingerprint density at radius 1 is 1.36 bits per heavy atom. The second-order valence-electron chi connectivity index (χ2n) is 6.36. The maximum Gasteiger partial charge on any atom is 0.284 e. The summed E-state index contributed by atoms with van der Waals surface area (Å²) in [5, 5.41) is 6.46. The molecule has 1 amide bonds. The molecule has 2 heterocycles. The molecule has 1 aromatic rings. The Bertz CT molecular complexity index is 553. The summed E-state index contributed by atoms with van der Waals surface area (Å²) < 4.78 is 5.33. The van der Waals surface area contributed by atoms with Gasteiger partial charge in [-0.25, -0.2) is 0 Å². The van der Waals surface area contributed by atoms with E-state index in [9.17, 15) is 4.79 Å². The number of guanidine groups is 1. The molecule has 1 aliphatic rings. The molecule has 0 spiro atoms. The van der Waals surface area contributed by atoms with Crippen LogP contribution in [0.5, 0.6) is 0 Å². The van der Waals surface area contributed by atoms with E-state index < -0.39 is 5.91 Å². The first kappa shape index (κ1) is 21.8. The minimum Gasteiger partial charge on any atom is -0.454 e. The van der Waals surface area contributed by atoms with Crippen LogP contribution in [0, 0.1) is 5.92 Å². The molecular weight excluding hydrogens is 433 g/mol. The lowest BCUT2D eigenvalue weighted by Crippen LogP contribution is -2.39. The van der Waals surface area contributed by atoms with Crippen molar-refractivity contribution >= 4 is 35.8 Å². The van der Waals surface area contributed by atoms with E-state index in [-0.39, 0.29) is 29.7 Å². The molecule has 4 N–H and O–H groups in total. The van der Waals surface area contributed by atoms with Crippen molar-refractivity contribution in [3.63, 3.8) is 0 Å². The largest absolute Gasteiger partial charge is 0.454 e. The van der Waals surface area contributed by atoms with Crippen molar-refractivity contribution in [1.82, 2.24) is 15.5 Å². The summed E-state index contributed by atoms with van der Waals surface area (Å²) in [6, 6.07) is 3.31. The van der Waals surface area contributed by atoms with Crippen molar-refractivity contribution in [2.24, 2.45) is 16.6 Å². The fourth-order valence-electron chi connectivity index (χ4n) is 2.79. The number of hydrogen-bond donors (Lipinski definition) is 3. The Hall–Kier alpha value is -1.29. The van der Waals surface area contributed by atoms with Crippen molar-refractivity contribution in [3.8, 4) is 0 Å². The van der Waals surface area contributed by atoms with Crippen LogP contribution in [-0.2, 0) is 6.54 Å². The van der Waals surface area contributed by atoms with Gasteiger partial charge in [-0.05, 0) is 56.9 Å². The third-order valence-electron chi connectivity index (χ3n) is 4.38. The number of halogens is 1. The quantitative estimate of drug-likeness (QED) is 0.248. The highest BCUT2D eigenvalue weighted by atomic mass is 127. The second-order valence-corrected chi connectivity index (χ2v) is 6.36. The lowest BCUT2D eigenvalue weighted by molar-refractivity contribution is 0.0972. The summed E-state index contributed by atoms with van der Waals surface area (Å²) in [6.45, 7) is 7.22. The number of primary amides is 1. The van der Waals surface area contributed by atoms with E-state index in [1.165, 1.54) is 25.9 Å². The van der Waals surface area contributed by atoms with Crippen LogP contribution in [0.1, 0.15) is 42.5 Å². The highest BCUT2D eigenvalue weighted by Crippen LogP contribution is 2.15. The smallest absolute Gasteiger partial charge is 0.284 e. The van der Waals surface area contributed by atoms with Crippen molar-refractivity contribution in [2.45, 2.75) is 32.7 Å². The molecule has 0 atom stereocenters. The fraction of sp³-hybridized carbons (Fsp3) is 0.647. The number of furan rings is 1. The van der Waals surface area contributed by atoms with Crippen LogP contribution < -0.4 is 16.4 Å². The van der Waals surface area contributed by atoms with E-state index in [0.29, 0.717) is 12.3 Å². The number of aliphatic imine (C=N–C) groups is 1. The van der Waals surface area contributed by atoms with Gasteiger partial charge in [-0.3, -0.25) is 9.79 Å². The monoisotopic (exact) mass is 463 g/mol. The summed E-state index contributed by atoms with van der Waals surface area (Å²) >= 11 is 0. The predicted molar refractivity (Wildman–Crippen MR) is 110 cm³/mol. The summed E-state index contributed by atoms with van der Waals surface area (Å²) in [5.74, 6) is 1.86. The second kappa shape index (κ2) is 11.3. The van der Waals surface area contributed by atoms with Gasteiger partial charge >= 0.3 is 0 Å². The molecule has 0 unspecified atom stereocenters. The number of hydrogen-bond acceptors (Lipinski definition) is 4. The third kappa shape index (κ3) is 7.64.